The topological polar surface area (TPSA) is 37.3 Å². The number of benzene rings is 1. The monoisotopic (exact) mass is 190 g/mol. The summed E-state index contributed by atoms with van der Waals surface area (Å²) in [5.41, 5.74) is 1.20. The Labute approximate surface area is 83.9 Å². The zero-order valence-electron chi connectivity index (χ0n) is 8.18. The molecule has 0 bridgehead atoms. The third-order valence-electron chi connectivity index (χ3n) is 2.04. The summed E-state index contributed by atoms with van der Waals surface area (Å²) in [6.45, 7) is 2.05. The lowest BCUT2D eigenvalue weighted by Crippen LogP contribution is -1.92. The van der Waals surface area contributed by atoms with E-state index in [4.69, 9.17) is 5.11 Å². The van der Waals surface area contributed by atoms with Crippen molar-refractivity contribution in [1.29, 1.82) is 0 Å². The molecule has 0 aliphatic rings. The normalized spacial score (nSPS) is 12.9. The summed E-state index contributed by atoms with van der Waals surface area (Å²) in [5.74, 6) is -0.517. The van der Waals surface area contributed by atoms with Crippen LogP contribution in [0.2, 0.25) is 0 Å². The predicted molar refractivity (Wildman–Crippen MR) is 56.2 cm³/mol. The Hall–Kier alpha value is -1.57. The first kappa shape index (κ1) is 10.5. The summed E-state index contributed by atoms with van der Waals surface area (Å²) in [5, 5.41) is 8.45. The summed E-state index contributed by atoms with van der Waals surface area (Å²) in [6.07, 6.45) is 3.71. The Morgan fingerprint density at radius 3 is 2.64 bits per heavy atom. The molecule has 0 saturated heterocycles. The number of carboxylic acids is 1. The Bertz CT molecular complexity index is 314. The van der Waals surface area contributed by atoms with Crippen LogP contribution in [0.3, 0.4) is 0 Å². The van der Waals surface area contributed by atoms with Crippen LogP contribution in [0, 0.1) is 0 Å². The lowest BCUT2D eigenvalue weighted by Gasteiger charge is -2.05. The van der Waals surface area contributed by atoms with E-state index in [0.717, 1.165) is 0 Å². The molecule has 0 aliphatic carbocycles. The van der Waals surface area contributed by atoms with Crippen LogP contribution in [-0.4, -0.2) is 11.1 Å². The first-order valence-electron chi connectivity index (χ1n) is 4.63. The average Bonchev–Trinajstić information content (AvgIpc) is 2.18. The van der Waals surface area contributed by atoms with Gasteiger partial charge in [0.05, 0.1) is 6.42 Å². The van der Waals surface area contributed by atoms with Gasteiger partial charge in [0.25, 0.3) is 0 Å². The smallest absolute Gasteiger partial charge is 0.307 e. The molecule has 0 unspecified atom stereocenters. The highest BCUT2D eigenvalue weighted by atomic mass is 16.4. The number of allylic oxidation sites excluding steroid dienone is 1. The molecule has 0 radical (unpaired) electrons. The van der Waals surface area contributed by atoms with Crippen LogP contribution in [0.25, 0.3) is 0 Å². The Balaban J connectivity index is 2.54. The van der Waals surface area contributed by atoms with Gasteiger partial charge < -0.3 is 5.11 Å². The Morgan fingerprint density at radius 2 is 2.07 bits per heavy atom. The summed E-state index contributed by atoms with van der Waals surface area (Å²) in [6, 6.07) is 10.0. The molecule has 0 aromatic heterocycles. The van der Waals surface area contributed by atoms with E-state index >= 15 is 0 Å². The molecule has 2 heteroatoms. The molecule has 0 heterocycles. The van der Waals surface area contributed by atoms with Gasteiger partial charge in [0.2, 0.25) is 0 Å². The zero-order valence-corrected chi connectivity index (χ0v) is 8.18. The van der Waals surface area contributed by atoms with Gasteiger partial charge in [0, 0.05) is 0 Å². The molecule has 14 heavy (non-hydrogen) atoms. The van der Waals surface area contributed by atoms with Gasteiger partial charge in [0.1, 0.15) is 0 Å². The highest BCUT2D eigenvalue weighted by Crippen LogP contribution is 2.15. The molecular weight excluding hydrogens is 176 g/mol. The molecule has 74 valence electrons. The summed E-state index contributed by atoms with van der Waals surface area (Å²) < 4.78 is 0. The van der Waals surface area contributed by atoms with Crippen molar-refractivity contribution in [2.45, 2.75) is 19.3 Å². The van der Waals surface area contributed by atoms with E-state index < -0.39 is 5.97 Å². The highest BCUT2D eigenvalue weighted by molar-refractivity contribution is 5.68. The molecule has 0 fully saturated rings. The third-order valence-corrected chi connectivity index (χ3v) is 2.04. The first-order chi connectivity index (χ1) is 6.70. The van der Waals surface area contributed by atoms with Gasteiger partial charge in [-0.05, 0) is 11.5 Å². The zero-order chi connectivity index (χ0) is 10.4. The van der Waals surface area contributed by atoms with Gasteiger partial charge in [-0.1, -0.05) is 49.4 Å². The minimum atomic E-state index is -0.790. The quantitative estimate of drug-likeness (QED) is 0.741. The van der Waals surface area contributed by atoms with Crippen molar-refractivity contribution in [2.75, 3.05) is 0 Å². The van der Waals surface area contributed by atoms with Crippen LogP contribution in [0.15, 0.2) is 42.5 Å². The number of hydrogen-bond donors (Lipinski definition) is 1. The summed E-state index contributed by atoms with van der Waals surface area (Å²) in [7, 11) is 0. The number of carbonyl (C=O) groups is 1. The van der Waals surface area contributed by atoms with E-state index in [1.54, 1.807) is 6.08 Å². The number of carboxylic acid groups (broad SMARTS) is 1. The fraction of sp³-hybridized carbons (Fsp3) is 0.250. The highest BCUT2D eigenvalue weighted by Gasteiger charge is 1.99. The van der Waals surface area contributed by atoms with Crippen LogP contribution in [0.4, 0.5) is 0 Å². The first-order valence-corrected chi connectivity index (χ1v) is 4.63. The van der Waals surface area contributed by atoms with Crippen molar-refractivity contribution >= 4 is 5.97 Å². The number of rotatable bonds is 4. The molecule has 1 aromatic rings. The second-order valence-corrected chi connectivity index (χ2v) is 3.23. The molecule has 1 atom stereocenters. The van der Waals surface area contributed by atoms with Crippen LogP contribution < -0.4 is 0 Å². The molecule has 2 nitrogen and oxygen atoms in total. The van der Waals surface area contributed by atoms with Crippen LogP contribution >= 0.6 is 0 Å². The van der Waals surface area contributed by atoms with Gasteiger partial charge in [-0.3, -0.25) is 4.79 Å². The minimum Gasteiger partial charge on any atom is -0.481 e. The van der Waals surface area contributed by atoms with E-state index in [9.17, 15) is 4.79 Å². The van der Waals surface area contributed by atoms with E-state index in [1.807, 2.05) is 43.3 Å². The Kier molecular flexibility index (Phi) is 3.92. The van der Waals surface area contributed by atoms with Crippen LogP contribution in [-0.2, 0) is 4.79 Å². The lowest BCUT2D eigenvalue weighted by atomic mass is 10.0. The second-order valence-electron chi connectivity index (χ2n) is 3.23. The molecule has 0 spiro atoms. The molecule has 1 N–H and O–H groups in total. The predicted octanol–water partition coefficient (Wildman–Crippen LogP) is 2.82. The largest absolute Gasteiger partial charge is 0.481 e. The summed E-state index contributed by atoms with van der Waals surface area (Å²) >= 11 is 0. The van der Waals surface area contributed by atoms with E-state index in [1.165, 1.54) is 5.56 Å². The Morgan fingerprint density at radius 1 is 1.43 bits per heavy atom. The molecule has 1 rings (SSSR count). The van der Waals surface area contributed by atoms with Crippen LogP contribution in [0.5, 0.6) is 0 Å². The minimum absolute atomic E-state index is 0.0944. The summed E-state index contributed by atoms with van der Waals surface area (Å²) in [4.78, 5) is 10.3. The molecule has 0 amide bonds. The number of aliphatic carboxylic acids is 1. The maximum Gasteiger partial charge on any atom is 0.307 e. The van der Waals surface area contributed by atoms with Gasteiger partial charge in [-0.2, -0.15) is 0 Å². The van der Waals surface area contributed by atoms with E-state index in [2.05, 4.69) is 0 Å². The van der Waals surface area contributed by atoms with Gasteiger partial charge in [-0.25, -0.2) is 0 Å². The molecule has 0 aliphatic heterocycles. The molecule has 1 aromatic carbocycles. The van der Waals surface area contributed by atoms with Crippen molar-refractivity contribution in [3.63, 3.8) is 0 Å². The van der Waals surface area contributed by atoms with Crippen molar-refractivity contribution in [3.05, 3.63) is 48.0 Å². The van der Waals surface area contributed by atoms with E-state index in [-0.39, 0.29) is 12.3 Å². The molecule has 0 saturated carbocycles. The SMILES string of the molecule is C[C@@H](/C=C/CC(=O)O)c1ccccc1. The van der Waals surface area contributed by atoms with Gasteiger partial charge in [0.15, 0.2) is 0 Å². The standard InChI is InChI=1S/C12H14O2/c1-10(6-5-9-12(13)14)11-7-3-2-4-8-11/h2-8,10H,9H2,1H3,(H,13,14)/b6-5+/t10-/m0/s1. The van der Waals surface area contributed by atoms with Crippen molar-refractivity contribution in [2.24, 2.45) is 0 Å². The van der Waals surface area contributed by atoms with Gasteiger partial charge >= 0.3 is 5.97 Å². The molecular formula is C12H14O2. The number of hydrogen-bond acceptors (Lipinski definition) is 1. The lowest BCUT2D eigenvalue weighted by molar-refractivity contribution is -0.136. The maximum atomic E-state index is 10.3. The average molecular weight is 190 g/mol. The van der Waals surface area contributed by atoms with Crippen molar-refractivity contribution < 1.29 is 9.90 Å². The fourth-order valence-corrected chi connectivity index (χ4v) is 1.24. The van der Waals surface area contributed by atoms with Crippen molar-refractivity contribution in [1.82, 2.24) is 0 Å². The third kappa shape index (κ3) is 3.44. The second kappa shape index (κ2) is 5.22. The van der Waals surface area contributed by atoms with E-state index in [0.29, 0.717) is 0 Å². The van der Waals surface area contributed by atoms with Gasteiger partial charge in [-0.15, -0.1) is 0 Å². The maximum absolute atomic E-state index is 10.3. The van der Waals surface area contributed by atoms with Crippen LogP contribution in [0.1, 0.15) is 24.8 Å². The fourth-order valence-electron chi connectivity index (χ4n) is 1.24. The van der Waals surface area contributed by atoms with Crippen molar-refractivity contribution in [3.8, 4) is 0 Å².